The number of benzene rings is 3. The average Bonchev–Trinajstić information content (AvgIpc) is 3.63. The molecule has 0 saturated heterocycles. The molecule has 4 aromatic rings. The summed E-state index contributed by atoms with van der Waals surface area (Å²) in [5, 5.41) is 14.6. The Labute approximate surface area is 226 Å². The topological polar surface area (TPSA) is 72.6 Å². The fraction of sp³-hybridized carbons (Fsp3) is 0.143. The fourth-order valence-corrected chi connectivity index (χ4v) is 4.57. The summed E-state index contributed by atoms with van der Waals surface area (Å²) in [4.78, 5) is 11.1. The monoisotopic (exact) mass is 555 g/mol. The van der Waals surface area contributed by atoms with Crippen molar-refractivity contribution in [1.82, 2.24) is 5.16 Å². The van der Waals surface area contributed by atoms with Crippen molar-refractivity contribution in [2.24, 2.45) is 0 Å². The van der Waals surface area contributed by atoms with Gasteiger partial charge in [-0.2, -0.15) is 0 Å². The van der Waals surface area contributed by atoms with E-state index in [1.165, 1.54) is 12.1 Å². The lowest BCUT2D eigenvalue weighted by Crippen LogP contribution is -2.00. The van der Waals surface area contributed by atoms with Gasteiger partial charge in [0.1, 0.15) is 29.6 Å². The number of nitrogens with zero attached hydrogens (tertiary/aromatic N) is 1. The smallest absolute Gasteiger partial charge is 0.335 e. The maximum atomic E-state index is 14.1. The first kappa shape index (κ1) is 25.2. The van der Waals surface area contributed by atoms with Crippen molar-refractivity contribution in [3.63, 3.8) is 0 Å². The Kier molecular flexibility index (Phi) is 7.12. The molecule has 0 radical (unpaired) electrons. The highest BCUT2D eigenvalue weighted by Gasteiger charge is 2.33. The van der Waals surface area contributed by atoms with E-state index in [0.717, 1.165) is 30.2 Å². The highest BCUT2D eigenvalue weighted by molar-refractivity contribution is 6.39. The van der Waals surface area contributed by atoms with Crippen molar-refractivity contribution in [2.75, 3.05) is 0 Å². The molecule has 0 bridgehead atoms. The minimum Gasteiger partial charge on any atom is -0.489 e. The van der Waals surface area contributed by atoms with Gasteiger partial charge in [-0.25, -0.2) is 9.18 Å². The van der Waals surface area contributed by atoms with Crippen LogP contribution in [0.4, 0.5) is 4.39 Å². The molecule has 1 saturated carbocycles. The highest BCUT2D eigenvalue weighted by Crippen LogP contribution is 2.46. The number of aromatic carboxylic acids is 1. The number of aromatic nitrogens is 1. The number of halogens is 4. The molecular formula is C28H17Cl3FNO4. The summed E-state index contributed by atoms with van der Waals surface area (Å²) in [6.07, 6.45) is 2.01. The lowest BCUT2D eigenvalue weighted by molar-refractivity contribution is 0.0696. The van der Waals surface area contributed by atoms with Gasteiger partial charge in [0.05, 0.1) is 31.8 Å². The molecule has 0 unspecified atom stereocenters. The summed E-state index contributed by atoms with van der Waals surface area (Å²) in [7, 11) is 0. The Morgan fingerprint density at radius 3 is 2.43 bits per heavy atom. The third kappa shape index (κ3) is 5.45. The Hall–Kier alpha value is -3.50. The molecule has 1 aliphatic rings. The second kappa shape index (κ2) is 10.5. The van der Waals surface area contributed by atoms with Gasteiger partial charge in [-0.3, -0.25) is 0 Å². The standard InChI is InChI=1S/C28H17Cl3FNO4/c29-21-2-1-3-22(30)25(21)26-20(27(37-33-26)16-5-6-16)14-36-19-10-8-15(23(31)13-19)4-7-17-12-18(28(34)35)9-11-24(17)32/h1-3,8-13,16H,5-6,14H2,(H,34,35). The maximum absolute atomic E-state index is 14.1. The van der Waals surface area contributed by atoms with Crippen LogP contribution in [0.3, 0.4) is 0 Å². The first-order valence-corrected chi connectivity index (χ1v) is 12.3. The molecule has 5 rings (SSSR count). The fourth-order valence-electron chi connectivity index (χ4n) is 3.78. The first-order chi connectivity index (χ1) is 17.8. The van der Waals surface area contributed by atoms with Gasteiger partial charge in [0.2, 0.25) is 0 Å². The molecule has 1 aliphatic carbocycles. The van der Waals surface area contributed by atoms with Gasteiger partial charge >= 0.3 is 5.97 Å². The molecule has 0 atom stereocenters. The number of hydrogen-bond donors (Lipinski definition) is 1. The molecule has 0 amide bonds. The molecule has 1 N–H and O–H groups in total. The number of ether oxygens (including phenoxy) is 1. The van der Waals surface area contributed by atoms with Crippen LogP contribution >= 0.6 is 34.8 Å². The molecule has 0 aliphatic heterocycles. The molecule has 9 heteroatoms. The van der Waals surface area contributed by atoms with Crippen LogP contribution in [0, 0.1) is 17.7 Å². The van der Waals surface area contributed by atoms with Crippen LogP contribution < -0.4 is 4.74 Å². The predicted molar refractivity (Wildman–Crippen MR) is 139 cm³/mol. The summed E-state index contributed by atoms with van der Waals surface area (Å²) < 4.78 is 25.7. The quantitative estimate of drug-likeness (QED) is 0.244. The van der Waals surface area contributed by atoms with E-state index in [9.17, 15) is 9.18 Å². The van der Waals surface area contributed by atoms with Gasteiger partial charge in [0.15, 0.2) is 0 Å². The first-order valence-electron chi connectivity index (χ1n) is 11.2. The van der Waals surface area contributed by atoms with Crippen molar-refractivity contribution < 1.29 is 23.6 Å². The summed E-state index contributed by atoms with van der Waals surface area (Å²) in [6.45, 7) is 0.154. The van der Waals surface area contributed by atoms with E-state index in [0.29, 0.717) is 37.6 Å². The van der Waals surface area contributed by atoms with Crippen molar-refractivity contribution in [3.8, 4) is 28.8 Å². The van der Waals surface area contributed by atoms with Crippen LogP contribution in [0.1, 0.15) is 51.6 Å². The highest BCUT2D eigenvalue weighted by atomic mass is 35.5. The Morgan fingerprint density at radius 1 is 1.03 bits per heavy atom. The summed E-state index contributed by atoms with van der Waals surface area (Å²) in [5.74, 6) is 5.15. The van der Waals surface area contributed by atoms with Gasteiger partial charge in [-0.15, -0.1) is 0 Å². The van der Waals surface area contributed by atoms with Crippen molar-refractivity contribution in [1.29, 1.82) is 0 Å². The third-order valence-electron chi connectivity index (χ3n) is 5.84. The molecule has 37 heavy (non-hydrogen) atoms. The van der Waals surface area contributed by atoms with E-state index in [2.05, 4.69) is 17.0 Å². The Bertz CT molecular complexity index is 1560. The number of carboxylic acid groups (broad SMARTS) is 1. The van der Waals surface area contributed by atoms with Crippen molar-refractivity contribution in [3.05, 3.63) is 103 Å². The molecule has 1 heterocycles. The third-order valence-corrected chi connectivity index (χ3v) is 6.78. The summed E-state index contributed by atoms with van der Waals surface area (Å²) in [5.41, 5.74) is 2.23. The van der Waals surface area contributed by atoms with Crippen LogP contribution in [0.25, 0.3) is 11.3 Å². The van der Waals surface area contributed by atoms with E-state index in [4.69, 9.17) is 49.2 Å². The largest absolute Gasteiger partial charge is 0.489 e. The zero-order chi connectivity index (χ0) is 26.1. The molecule has 3 aromatic carbocycles. The van der Waals surface area contributed by atoms with Gasteiger partial charge in [-0.1, -0.05) is 57.9 Å². The second-order valence-corrected chi connectivity index (χ2v) is 9.65. The second-order valence-electron chi connectivity index (χ2n) is 8.43. The summed E-state index contributed by atoms with van der Waals surface area (Å²) in [6, 6.07) is 13.6. The Morgan fingerprint density at radius 2 is 1.76 bits per heavy atom. The SMILES string of the molecule is O=C(O)c1ccc(F)c(C#Cc2ccc(OCc3c(-c4c(Cl)cccc4Cl)noc3C3CC3)cc2Cl)c1. The zero-order valence-electron chi connectivity index (χ0n) is 19.0. The average molecular weight is 557 g/mol. The van der Waals surface area contributed by atoms with Crippen molar-refractivity contribution >= 4 is 40.8 Å². The molecule has 1 aromatic heterocycles. The van der Waals surface area contributed by atoms with E-state index in [1.807, 2.05) is 0 Å². The number of carboxylic acids is 1. The van der Waals surface area contributed by atoms with E-state index in [1.54, 1.807) is 36.4 Å². The molecule has 1 fully saturated rings. The minimum absolute atomic E-state index is 0.0397. The number of carbonyl (C=O) groups is 1. The van der Waals surface area contributed by atoms with E-state index < -0.39 is 11.8 Å². The Balaban J connectivity index is 1.38. The molecular weight excluding hydrogens is 540 g/mol. The van der Waals surface area contributed by atoms with Gasteiger partial charge in [-0.05, 0) is 55.3 Å². The normalized spacial score (nSPS) is 12.6. The molecule has 0 spiro atoms. The maximum Gasteiger partial charge on any atom is 0.335 e. The van der Waals surface area contributed by atoms with Crippen LogP contribution in [-0.4, -0.2) is 16.2 Å². The van der Waals surface area contributed by atoms with Crippen LogP contribution in [0.5, 0.6) is 5.75 Å². The van der Waals surface area contributed by atoms with Crippen LogP contribution in [0.2, 0.25) is 15.1 Å². The zero-order valence-corrected chi connectivity index (χ0v) is 21.3. The minimum atomic E-state index is -1.17. The summed E-state index contributed by atoms with van der Waals surface area (Å²) >= 11 is 19.2. The van der Waals surface area contributed by atoms with Crippen LogP contribution in [-0.2, 0) is 6.61 Å². The van der Waals surface area contributed by atoms with Gasteiger partial charge in [0.25, 0.3) is 0 Å². The van der Waals surface area contributed by atoms with Gasteiger partial charge in [0, 0.05) is 23.1 Å². The predicted octanol–water partition coefficient (Wildman–Crippen LogP) is 8.00. The van der Waals surface area contributed by atoms with Gasteiger partial charge < -0.3 is 14.4 Å². The molecule has 5 nitrogen and oxygen atoms in total. The van der Waals surface area contributed by atoms with Crippen molar-refractivity contribution in [2.45, 2.75) is 25.4 Å². The number of hydrogen-bond acceptors (Lipinski definition) is 4. The van der Waals surface area contributed by atoms with Crippen LogP contribution in [0.15, 0.2) is 59.1 Å². The molecule has 186 valence electrons. The lowest BCUT2D eigenvalue weighted by atomic mass is 10.0. The van der Waals surface area contributed by atoms with E-state index in [-0.39, 0.29) is 23.7 Å². The van der Waals surface area contributed by atoms with E-state index >= 15 is 0 Å². The number of rotatable bonds is 6. The lowest BCUT2D eigenvalue weighted by Gasteiger charge is -2.10.